The molecule has 0 spiro atoms. The summed E-state index contributed by atoms with van der Waals surface area (Å²) in [4.78, 5) is 7.04. The van der Waals surface area contributed by atoms with Gasteiger partial charge >= 0.3 is 0 Å². The van der Waals surface area contributed by atoms with E-state index in [4.69, 9.17) is 14.5 Å². The number of guanidine groups is 1. The standard InChI is InChI=1S/C21H38N4O2.HI/c1-7-22-21(23-11-12-25(5)17(2)3)24-16-19-10-9-18(4)15-20(19)27-14-8-13-26-6;/h9-10,15,17H,7-8,11-14,16H2,1-6H3,(H2,22,23,24);1H. The third-order valence-corrected chi connectivity index (χ3v) is 4.36. The second kappa shape index (κ2) is 15.8. The fraction of sp³-hybridized carbons (Fsp3) is 0.667. The molecule has 0 bridgehead atoms. The minimum atomic E-state index is 0. The lowest BCUT2D eigenvalue weighted by atomic mass is 10.1. The number of halogens is 1. The van der Waals surface area contributed by atoms with E-state index < -0.39 is 0 Å². The molecule has 1 rings (SSSR count). The van der Waals surface area contributed by atoms with Gasteiger partial charge < -0.3 is 25.0 Å². The van der Waals surface area contributed by atoms with Crippen LogP contribution in [0.2, 0.25) is 0 Å². The molecule has 2 N–H and O–H groups in total. The Morgan fingerprint density at radius 3 is 2.61 bits per heavy atom. The number of nitrogens with one attached hydrogen (secondary N) is 2. The van der Waals surface area contributed by atoms with Crippen LogP contribution in [0.5, 0.6) is 5.75 Å². The molecule has 0 heterocycles. The van der Waals surface area contributed by atoms with E-state index in [1.807, 2.05) is 0 Å². The molecule has 0 aromatic heterocycles. The third-order valence-electron chi connectivity index (χ3n) is 4.36. The average Bonchev–Trinajstić information content (AvgIpc) is 2.64. The molecule has 0 amide bonds. The van der Waals surface area contributed by atoms with Crippen molar-refractivity contribution in [3.05, 3.63) is 29.3 Å². The molecule has 6 nitrogen and oxygen atoms in total. The fourth-order valence-electron chi connectivity index (χ4n) is 2.43. The van der Waals surface area contributed by atoms with Crippen molar-refractivity contribution in [3.8, 4) is 5.75 Å². The number of hydrogen-bond donors (Lipinski definition) is 2. The Kier molecular flexibility index (Phi) is 15.2. The number of aryl methyl sites for hydroxylation is 1. The van der Waals surface area contributed by atoms with E-state index in [-0.39, 0.29) is 24.0 Å². The molecular formula is C21H39IN4O2. The zero-order valence-electron chi connectivity index (χ0n) is 18.4. The summed E-state index contributed by atoms with van der Waals surface area (Å²) in [6.07, 6.45) is 0.876. The Morgan fingerprint density at radius 1 is 1.21 bits per heavy atom. The Bertz CT molecular complexity index is 567. The van der Waals surface area contributed by atoms with Crippen molar-refractivity contribution in [2.45, 2.75) is 46.7 Å². The first-order valence-electron chi connectivity index (χ1n) is 9.91. The summed E-state index contributed by atoms with van der Waals surface area (Å²) in [6.45, 7) is 13.1. The van der Waals surface area contributed by atoms with Crippen molar-refractivity contribution in [3.63, 3.8) is 0 Å². The molecule has 0 unspecified atom stereocenters. The van der Waals surface area contributed by atoms with Gasteiger partial charge in [0.05, 0.1) is 13.2 Å². The van der Waals surface area contributed by atoms with Gasteiger partial charge in [0.15, 0.2) is 5.96 Å². The predicted octanol–water partition coefficient (Wildman–Crippen LogP) is 3.42. The van der Waals surface area contributed by atoms with Gasteiger partial charge in [-0.25, -0.2) is 4.99 Å². The van der Waals surface area contributed by atoms with Crippen LogP contribution in [0.3, 0.4) is 0 Å². The van der Waals surface area contributed by atoms with Crippen molar-refractivity contribution in [2.75, 3.05) is 47.0 Å². The number of ether oxygens (including phenoxy) is 2. The lowest BCUT2D eigenvalue weighted by molar-refractivity contribution is 0.172. The molecular weight excluding hydrogens is 467 g/mol. The van der Waals surface area contributed by atoms with Crippen LogP contribution < -0.4 is 15.4 Å². The molecule has 0 fully saturated rings. The minimum Gasteiger partial charge on any atom is -0.493 e. The Balaban J connectivity index is 0.00000729. The van der Waals surface area contributed by atoms with Gasteiger partial charge in [0.25, 0.3) is 0 Å². The summed E-state index contributed by atoms with van der Waals surface area (Å²) < 4.78 is 11.0. The van der Waals surface area contributed by atoms with Crippen molar-refractivity contribution >= 4 is 29.9 Å². The minimum absolute atomic E-state index is 0. The van der Waals surface area contributed by atoms with Crippen LogP contribution in [0.15, 0.2) is 23.2 Å². The normalized spacial score (nSPS) is 11.5. The number of likely N-dealkylation sites (N-methyl/N-ethyl adjacent to an activating group) is 1. The number of benzene rings is 1. The van der Waals surface area contributed by atoms with Gasteiger partial charge in [0.2, 0.25) is 0 Å². The second-order valence-electron chi connectivity index (χ2n) is 7.00. The first kappa shape index (κ1) is 26.9. The van der Waals surface area contributed by atoms with E-state index in [0.29, 0.717) is 25.8 Å². The van der Waals surface area contributed by atoms with Gasteiger partial charge in [-0.1, -0.05) is 12.1 Å². The molecule has 7 heteroatoms. The molecule has 28 heavy (non-hydrogen) atoms. The van der Waals surface area contributed by atoms with E-state index in [2.05, 4.69) is 68.5 Å². The number of nitrogens with zero attached hydrogens (tertiary/aromatic N) is 2. The average molecular weight is 506 g/mol. The number of aliphatic imine (C=N–C) groups is 1. The summed E-state index contributed by atoms with van der Waals surface area (Å²) in [7, 11) is 3.84. The molecule has 1 aromatic carbocycles. The largest absolute Gasteiger partial charge is 0.493 e. The zero-order valence-corrected chi connectivity index (χ0v) is 20.7. The van der Waals surface area contributed by atoms with Gasteiger partial charge in [0.1, 0.15) is 5.75 Å². The monoisotopic (exact) mass is 506 g/mol. The topological polar surface area (TPSA) is 58.1 Å². The summed E-state index contributed by atoms with van der Waals surface area (Å²) >= 11 is 0. The predicted molar refractivity (Wildman–Crippen MR) is 129 cm³/mol. The molecule has 0 saturated carbocycles. The maximum atomic E-state index is 5.95. The molecule has 162 valence electrons. The molecule has 1 aromatic rings. The van der Waals surface area contributed by atoms with Crippen molar-refractivity contribution < 1.29 is 9.47 Å². The fourth-order valence-corrected chi connectivity index (χ4v) is 2.43. The molecule has 0 saturated heterocycles. The van der Waals surface area contributed by atoms with Crippen LogP contribution in [0.1, 0.15) is 38.3 Å². The van der Waals surface area contributed by atoms with Crippen LogP contribution in [0.25, 0.3) is 0 Å². The van der Waals surface area contributed by atoms with E-state index in [9.17, 15) is 0 Å². The lowest BCUT2D eigenvalue weighted by Gasteiger charge is -2.21. The third kappa shape index (κ3) is 11.1. The molecule has 0 aliphatic carbocycles. The first-order valence-corrected chi connectivity index (χ1v) is 9.91. The summed E-state index contributed by atoms with van der Waals surface area (Å²) in [6, 6.07) is 6.82. The number of methoxy groups -OCH3 is 1. The molecule has 0 aliphatic heterocycles. The van der Waals surface area contributed by atoms with Gasteiger partial charge in [-0.3, -0.25) is 0 Å². The summed E-state index contributed by atoms with van der Waals surface area (Å²) in [5.41, 5.74) is 2.28. The Labute approximate surface area is 188 Å². The highest BCUT2D eigenvalue weighted by molar-refractivity contribution is 14.0. The summed E-state index contributed by atoms with van der Waals surface area (Å²) in [5.74, 6) is 1.74. The van der Waals surface area contributed by atoms with Crippen molar-refractivity contribution in [1.29, 1.82) is 0 Å². The first-order chi connectivity index (χ1) is 13.0. The van der Waals surface area contributed by atoms with Crippen LogP contribution in [-0.2, 0) is 11.3 Å². The number of rotatable bonds is 12. The van der Waals surface area contributed by atoms with Crippen molar-refractivity contribution in [2.24, 2.45) is 4.99 Å². The molecule has 0 atom stereocenters. The lowest BCUT2D eigenvalue weighted by Crippen LogP contribution is -2.42. The smallest absolute Gasteiger partial charge is 0.191 e. The highest BCUT2D eigenvalue weighted by Crippen LogP contribution is 2.21. The maximum absolute atomic E-state index is 5.95. The number of hydrogen-bond acceptors (Lipinski definition) is 4. The van der Waals surface area contributed by atoms with Gasteiger partial charge in [-0.2, -0.15) is 0 Å². The van der Waals surface area contributed by atoms with E-state index >= 15 is 0 Å². The van der Waals surface area contributed by atoms with E-state index in [1.165, 1.54) is 5.56 Å². The zero-order chi connectivity index (χ0) is 20.1. The Morgan fingerprint density at radius 2 is 1.96 bits per heavy atom. The van der Waals surface area contributed by atoms with E-state index in [1.54, 1.807) is 7.11 Å². The van der Waals surface area contributed by atoms with Crippen LogP contribution in [-0.4, -0.2) is 63.9 Å². The highest BCUT2D eigenvalue weighted by Gasteiger charge is 2.06. The molecule has 0 aliphatic rings. The Hall–Kier alpha value is -1.06. The van der Waals surface area contributed by atoms with Crippen LogP contribution in [0.4, 0.5) is 0 Å². The quantitative estimate of drug-likeness (QED) is 0.197. The van der Waals surface area contributed by atoms with Gasteiger partial charge in [-0.05, 0) is 46.4 Å². The van der Waals surface area contributed by atoms with Crippen molar-refractivity contribution in [1.82, 2.24) is 15.5 Å². The highest BCUT2D eigenvalue weighted by atomic mass is 127. The SMILES string of the molecule is CCNC(=NCc1ccc(C)cc1OCCCOC)NCCN(C)C(C)C.I. The van der Waals surface area contributed by atoms with Crippen LogP contribution >= 0.6 is 24.0 Å². The maximum Gasteiger partial charge on any atom is 0.191 e. The summed E-state index contributed by atoms with van der Waals surface area (Å²) in [5, 5.41) is 6.72. The second-order valence-corrected chi connectivity index (χ2v) is 7.00. The van der Waals surface area contributed by atoms with E-state index in [0.717, 1.165) is 43.3 Å². The molecule has 0 radical (unpaired) electrons. The van der Waals surface area contributed by atoms with Gasteiger partial charge in [-0.15, -0.1) is 24.0 Å². The van der Waals surface area contributed by atoms with Gasteiger partial charge in [0, 0.05) is 51.4 Å². The van der Waals surface area contributed by atoms with Crippen LogP contribution in [0, 0.1) is 6.92 Å².